The van der Waals surface area contributed by atoms with Gasteiger partial charge >= 0.3 is 0 Å². The standard InChI is InChI=1S/2C18H39N/c2*1-2-3-4-5-6-7-8-9-10-11-12-13-14-15-16-17-18-19/h2*2-19H2,1H3. The third kappa shape index (κ3) is 43.0. The van der Waals surface area contributed by atoms with E-state index in [0.29, 0.717) is 0 Å². The van der Waals surface area contributed by atoms with Crippen molar-refractivity contribution in [3.05, 3.63) is 0 Å². The van der Waals surface area contributed by atoms with E-state index in [1.807, 2.05) is 0 Å². The van der Waals surface area contributed by atoms with E-state index < -0.39 is 0 Å². The van der Waals surface area contributed by atoms with Crippen LogP contribution in [0.25, 0.3) is 0 Å². The van der Waals surface area contributed by atoms with Crippen molar-refractivity contribution < 1.29 is 0 Å². The molecule has 0 fully saturated rings. The third-order valence-corrected chi connectivity index (χ3v) is 8.12. The van der Waals surface area contributed by atoms with Crippen molar-refractivity contribution in [1.82, 2.24) is 0 Å². The fourth-order valence-electron chi connectivity index (χ4n) is 5.38. The van der Waals surface area contributed by atoms with Crippen molar-refractivity contribution in [2.24, 2.45) is 11.5 Å². The van der Waals surface area contributed by atoms with Gasteiger partial charge in [0.2, 0.25) is 0 Å². The lowest BCUT2D eigenvalue weighted by Crippen LogP contribution is -1.97. The first-order valence-electron chi connectivity index (χ1n) is 18.2. The number of hydrogen-bond donors (Lipinski definition) is 2. The average Bonchev–Trinajstić information content (AvgIpc) is 2.93. The zero-order valence-corrected chi connectivity index (χ0v) is 27.2. The van der Waals surface area contributed by atoms with Crippen molar-refractivity contribution in [3.63, 3.8) is 0 Å². The van der Waals surface area contributed by atoms with E-state index in [9.17, 15) is 0 Å². The molecule has 0 saturated heterocycles. The summed E-state index contributed by atoms with van der Waals surface area (Å²) in [6.07, 6.45) is 45.7. The van der Waals surface area contributed by atoms with Crippen molar-refractivity contribution >= 4 is 0 Å². The quantitative estimate of drug-likeness (QED) is 0.0836. The Labute approximate surface area is 243 Å². The lowest BCUT2D eigenvalue weighted by atomic mass is 10.0. The summed E-state index contributed by atoms with van der Waals surface area (Å²) in [5, 5.41) is 0. The Balaban J connectivity index is 0. The highest BCUT2D eigenvalue weighted by Crippen LogP contribution is 2.15. The van der Waals surface area contributed by atoms with Crippen LogP contribution < -0.4 is 11.5 Å². The molecule has 0 aliphatic rings. The van der Waals surface area contributed by atoms with Crippen molar-refractivity contribution in [2.45, 2.75) is 219 Å². The minimum Gasteiger partial charge on any atom is -0.330 e. The van der Waals surface area contributed by atoms with Crippen LogP contribution in [0.4, 0.5) is 0 Å². The monoisotopic (exact) mass is 539 g/mol. The molecule has 0 unspecified atom stereocenters. The van der Waals surface area contributed by atoms with Crippen LogP contribution in [0.2, 0.25) is 0 Å². The smallest absolute Gasteiger partial charge is 0.00773 e. The zero-order chi connectivity index (χ0) is 28.0. The summed E-state index contributed by atoms with van der Waals surface area (Å²) in [5.41, 5.74) is 11.0. The van der Waals surface area contributed by atoms with Crippen LogP contribution in [0.1, 0.15) is 219 Å². The highest BCUT2D eigenvalue weighted by molar-refractivity contribution is 4.51. The molecule has 232 valence electrons. The third-order valence-electron chi connectivity index (χ3n) is 8.12. The molecule has 0 aliphatic heterocycles. The topological polar surface area (TPSA) is 52.0 Å². The second-order valence-corrected chi connectivity index (χ2v) is 12.2. The van der Waals surface area contributed by atoms with Gasteiger partial charge < -0.3 is 11.5 Å². The summed E-state index contributed by atoms with van der Waals surface area (Å²) in [6.45, 7) is 6.33. The van der Waals surface area contributed by atoms with Gasteiger partial charge in [0.25, 0.3) is 0 Å². The van der Waals surface area contributed by atoms with Gasteiger partial charge in [0.1, 0.15) is 0 Å². The number of hydrogen-bond acceptors (Lipinski definition) is 2. The molecule has 0 heterocycles. The molecule has 0 aromatic heterocycles. The second-order valence-electron chi connectivity index (χ2n) is 12.2. The number of nitrogens with two attached hydrogens (primary N) is 2. The normalized spacial score (nSPS) is 11.1. The predicted octanol–water partition coefficient (Wildman–Crippen LogP) is 12.4. The van der Waals surface area contributed by atoms with Gasteiger partial charge in [-0.05, 0) is 25.9 Å². The van der Waals surface area contributed by atoms with E-state index in [0.717, 1.165) is 13.1 Å². The highest BCUT2D eigenvalue weighted by Gasteiger charge is 1.95. The molecule has 38 heavy (non-hydrogen) atoms. The molecule has 0 rings (SSSR count). The first kappa shape index (κ1) is 40.1. The van der Waals surface area contributed by atoms with Gasteiger partial charge in [0.15, 0.2) is 0 Å². The van der Waals surface area contributed by atoms with Crippen LogP contribution in [-0.4, -0.2) is 13.1 Å². The largest absolute Gasteiger partial charge is 0.330 e. The molecule has 0 amide bonds. The van der Waals surface area contributed by atoms with Gasteiger partial charge in [-0.3, -0.25) is 0 Å². The van der Waals surface area contributed by atoms with E-state index in [2.05, 4.69) is 13.8 Å². The van der Waals surface area contributed by atoms with E-state index in [1.54, 1.807) is 0 Å². The van der Waals surface area contributed by atoms with Gasteiger partial charge in [-0.1, -0.05) is 206 Å². The molecule has 0 aromatic rings. The lowest BCUT2D eigenvalue weighted by Gasteiger charge is -2.03. The Morgan fingerprint density at radius 2 is 0.342 bits per heavy atom. The molecule has 4 N–H and O–H groups in total. The van der Waals surface area contributed by atoms with Crippen molar-refractivity contribution in [1.29, 1.82) is 0 Å². The number of unbranched alkanes of at least 4 members (excludes halogenated alkanes) is 30. The summed E-state index contributed by atoms with van der Waals surface area (Å²) in [4.78, 5) is 0. The Morgan fingerprint density at radius 1 is 0.211 bits per heavy atom. The Kier molecular flexibility index (Phi) is 43.6. The summed E-state index contributed by atoms with van der Waals surface area (Å²) in [6, 6.07) is 0. The Morgan fingerprint density at radius 3 is 0.474 bits per heavy atom. The summed E-state index contributed by atoms with van der Waals surface area (Å²) >= 11 is 0. The Bertz CT molecular complexity index is 291. The van der Waals surface area contributed by atoms with Crippen LogP contribution in [0.15, 0.2) is 0 Å². The zero-order valence-electron chi connectivity index (χ0n) is 27.2. The molecule has 2 heteroatoms. The molecule has 0 bridgehead atoms. The van der Waals surface area contributed by atoms with Crippen molar-refractivity contribution in [3.8, 4) is 0 Å². The van der Waals surface area contributed by atoms with Crippen molar-refractivity contribution in [2.75, 3.05) is 13.1 Å². The van der Waals surface area contributed by atoms with Crippen LogP contribution >= 0.6 is 0 Å². The maximum atomic E-state index is 5.48. The minimum absolute atomic E-state index is 0.873. The van der Waals surface area contributed by atoms with E-state index in [-0.39, 0.29) is 0 Å². The minimum atomic E-state index is 0.873. The van der Waals surface area contributed by atoms with E-state index in [1.165, 1.54) is 205 Å². The van der Waals surface area contributed by atoms with E-state index in [4.69, 9.17) is 11.5 Å². The Hall–Kier alpha value is -0.0800. The molecule has 0 aliphatic carbocycles. The highest BCUT2D eigenvalue weighted by atomic mass is 14.5. The van der Waals surface area contributed by atoms with Crippen LogP contribution in [0, 0.1) is 0 Å². The molecule has 0 radical (unpaired) electrons. The molecular weight excluding hydrogens is 460 g/mol. The molecule has 0 atom stereocenters. The molecule has 2 nitrogen and oxygen atoms in total. The van der Waals surface area contributed by atoms with Gasteiger partial charge in [-0.2, -0.15) is 0 Å². The second kappa shape index (κ2) is 41.4. The first-order chi connectivity index (χ1) is 18.8. The van der Waals surface area contributed by atoms with Crippen LogP contribution in [0.5, 0.6) is 0 Å². The average molecular weight is 539 g/mol. The van der Waals surface area contributed by atoms with Crippen LogP contribution in [-0.2, 0) is 0 Å². The van der Waals surface area contributed by atoms with Gasteiger partial charge in [0.05, 0.1) is 0 Å². The van der Waals surface area contributed by atoms with E-state index >= 15 is 0 Å². The maximum absolute atomic E-state index is 5.48. The molecular formula is C36H78N2. The number of rotatable bonds is 32. The molecule has 0 saturated carbocycles. The predicted molar refractivity (Wildman–Crippen MR) is 177 cm³/mol. The summed E-state index contributed by atoms with van der Waals surface area (Å²) in [5.74, 6) is 0. The van der Waals surface area contributed by atoms with Gasteiger partial charge in [-0.15, -0.1) is 0 Å². The first-order valence-corrected chi connectivity index (χ1v) is 18.2. The summed E-state index contributed by atoms with van der Waals surface area (Å²) in [7, 11) is 0. The molecule has 0 aromatic carbocycles. The SMILES string of the molecule is CCCCCCCCCCCCCCCCCCN.CCCCCCCCCCCCCCCCCCN. The van der Waals surface area contributed by atoms with Gasteiger partial charge in [0, 0.05) is 0 Å². The fourth-order valence-corrected chi connectivity index (χ4v) is 5.38. The summed E-state index contributed by atoms with van der Waals surface area (Å²) < 4.78 is 0. The van der Waals surface area contributed by atoms with Crippen LogP contribution in [0.3, 0.4) is 0 Å². The molecule has 0 spiro atoms. The maximum Gasteiger partial charge on any atom is -0.00773 e. The lowest BCUT2D eigenvalue weighted by molar-refractivity contribution is 0.530. The van der Waals surface area contributed by atoms with Gasteiger partial charge in [-0.25, -0.2) is 0 Å². The fraction of sp³-hybridized carbons (Fsp3) is 1.00.